The largest absolute Gasteiger partial charge is 0.309 e. The van der Waals surface area contributed by atoms with Crippen molar-refractivity contribution >= 4 is 11.6 Å². The second kappa shape index (κ2) is 5.84. The second-order valence-electron chi connectivity index (χ2n) is 6.05. The van der Waals surface area contributed by atoms with Crippen molar-refractivity contribution in [3.05, 3.63) is 82.4 Å². The Bertz CT molecular complexity index is 883. The molecule has 0 aliphatic carbocycles. The minimum absolute atomic E-state index is 0.797. The molecule has 23 heavy (non-hydrogen) atoms. The molecule has 0 saturated heterocycles. The minimum Gasteiger partial charge on any atom is -0.309 e. The van der Waals surface area contributed by atoms with Gasteiger partial charge in [-0.15, -0.1) is 0 Å². The van der Waals surface area contributed by atoms with Crippen molar-refractivity contribution in [2.45, 2.75) is 20.0 Å². The van der Waals surface area contributed by atoms with E-state index in [4.69, 9.17) is 11.6 Å². The number of halogens is 1. The fourth-order valence-electron chi connectivity index (χ4n) is 3.38. The lowest BCUT2D eigenvalue weighted by molar-refractivity contribution is 0.765. The summed E-state index contributed by atoms with van der Waals surface area (Å²) < 4.78 is 0. The highest BCUT2D eigenvalue weighted by molar-refractivity contribution is 6.33. The van der Waals surface area contributed by atoms with Crippen molar-refractivity contribution < 1.29 is 0 Å². The van der Waals surface area contributed by atoms with Gasteiger partial charge in [0.05, 0.1) is 0 Å². The van der Waals surface area contributed by atoms with Gasteiger partial charge in [0.25, 0.3) is 0 Å². The van der Waals surface area contributed by atoms with Gasteiger partial charge in [0.1, 0.15) is 0 Å². The van der Waals surface area contributed by atoms with Gasteiger partial charge in [-0.25, -0.2) is 0 Å². The molecule has 1 aliphatic heterocycles. The Morgan fingerprint density at radius 2 is 1.52 bits per heavy atom. The Kier molecular flexibility index (Phi) is 3.68. The first-order valence-corrected chi connectivity index (χ1v) is 8.29. The molecule has 3 aromatic rings. The standard InChI is InChI=1S/C21H18ClN/c1-14-18(15-9-10-16-12-23-13-17(16)11-15)6-4-7-19(14)20-5-2-3-8-21(20)22/h2-11,23H,12-13H2,1H3. The molecule has 1 heterocycles. The average molecular weight is 320 g/mol. The van der Waals surface area contributed by atoms with Crippen molar-refractivity contribution in [3.63, 3.8) is 0 Å². The van der Waals surface area contributed by atoms with E-state index in [-0.39, 0.29) is 0 Å². The molecule has 0 saturated carbocycles. The van der Waals surface area contributed by atoms with Crippen molar-refractivity contribution in [2.24, 2.45) is 0 Å². The zero-order valence-electron chi connectivity index (χ0n) is 13.1. The fourth-order valence-corrected chi connectivity index (χ4v) is 3.62. The van der Waals surface area contributed by atoms with Crippen molar-refractivity contribution in [1.82, 2.24) is 5.32 Å². The zero-order valence-corrected chi connectivity index (χ0v) is 13.8. The van der Waals surface area contributed by atoms with Gasteiger partial charge in [0, 0.05) is 23.7 Å². The molecule has 0 atom stereocenters. The molecule has 114 valence electrons. The van der Waals surface area contributed by atoms with Gasteiger partial charge in [0.15, 0.2) is 0 Å². The van der Waals surface area contributed by atoms with Gasteiger partial charge in [-0.1, -0.05) is 60.1 Å². The number of rotatable bonds is 2. The van der Waals surface area contributed by atoms with Crippen LogP contribution in [0, 0.1) is 6.92 Å². The number of fused-ring (bicyclic) bond motifs is 1. The molecule has 3 aromatic carbocycles. The summed E-state index contributed by atoms with van der Waals surface area (Å²) in [5, 5.41) is 4.21. The molecule has 4 rings (SSSR count). The van der Waals surface area contributed by atoms with Crippen LogP contribution in [0.4, 0.5) is 0 Å². The monoisotopic (exact) mass is 319 g/mol. The number of nitrogens with one attached hydrogen (secondary N) is 1. The molecule has 1 N–H and O–H groups in total. The first-order valence-electron chi connectivity index (χ1n) is 7.91. The van der Waals surface area contributed by atoms with E-state index in [0.717, 1.165) is 23.7 Å². The van der Waals surface area contributed by atoms with Crippen LogP contribution in [0.25, 0.3) is 22.3 Å². The van der Waals surface area contributed by atoms with Gasteiger partial charge in [-0.3, -0.25) is 0 Å². The Balaban J connectivity index is 1.85. The molecule has 1 aliphatic rings. The molecule has 0 spiro atoms. The molecule has 0 amide bonds. The maximum atomic E-state index is 6.40. The molecule has 0 radical (unpaired) electrons. The van der Waals surface area contributed by atoms with E-state index in [9.17, 15) is 0 Å². The summed E-state index contributed by atoms with van der Waals surface area (Å²) in [6.45, 7) is 4.13. The Morgan fingerprint density at radius 1 is 0.783 bits per heavy atom. The number of hydrogen-bond donors (Lipinski definition) is 1. The lowest BCUT2D eigenvalue weighted by atomic mass is 9.91. The van der Waals surface area contributed by atoms with Crippen molar-refractivity contribution in [1.29, 1.82) is 0 Å². The Morgan fingerprint density at radius 3 is 2.39 bits per heavy atom. The van der Waals surface area contributed by atoms with Gasteiger partial charge in [0.2, 0.25) is 0 Å². The molecule has 0 unspecified atom stereocenters. The molecule has 0 fully saturated rings. The first-order chi connectivity index (χ1) is 11.2. The lowest BCUT2D eigenvalue weighted by Crippen LogP contribution is -1.99. The number of hydrogen-bond acceptors (Lipinski definition) is 1. The predicted molar refractivity (Wildman–Crippen MR) is 97.6 cm³/mol. The van der Waals surface area contributed by atoms with E-state index in [1.54, 1.807) is 0 Å². The zero-order chi connectivity index (χ0) is 15.8. The van der Waals surface area contributed by atoms with E-state index in [1.165, 1.54) is 33.4 Å². The van der Waals surface area contributed by atoms with Gasteiger partial charge in [-0.05, 0) is 52.4 Å². The minimum atomic E-state index is 0.797. The maximum Gasteiger partial charge on any atom is 0.0484 e. The van der Waals surface area contributed by atoms with E-state index >= 15 is 0 Å². The highest BCUT2D eigenvalue weighted by Gasteiger charge is 2.14. The van der Waals surface area contributed by atoms with Crippen molar-refractivity contribution in [2.75, 3.05) is 0 Å². The van der Waals surface area contributed by atoms with E-state index < -0.39 is 0 Å². The quantitative estimate of drug-likeness (QED) is 0.649. The molecule has 0 bridgehead atoms. The molecular formula is C21H18ClN. The van der Waals surface area contributed by atoms with Crippen molar-refractivity contribution in [3.8, 4) is 22.3 Å². The maximum absolute atomic E-state index is 6.40. The van der Waals surface area contributed by atoms with Crippen LogP contribution >= 0.6 is 11.6 Å². The fraction of sp³-hybridized carbons (Fsp3) is 0.143. The van der Waals surface area contributed by atoms with Gasteiger partial charge < -0.3 is 5.32 Å². The Labute approximate surface area is 141 Å². The Hall–Kier alpha value is -2.09. The van der Waals surface area contributed by atoms with Crippen LogP contribution in [-0.2, 0) is 13.1 Å². The topological polar surface area (TPSA) is 12.0 Å². The summed E-state index contributed by atoms with van der Waals surface area (Å²) in [6, 6.07) is 21.3. The van der Waals surface area contributed by atoms with Gasteiger partial charge >= 0.3 is 0 Å². The normalized spacial score (nSPS) is 13.1. The highest BCUT2D eigenvalue weighted by atomic mass is 35.5. The molecular weight excluding hydrogens is 302 g/mol. The van der Waals surface area contributed by atoms with Crippen LogP contribution in [0.2, 0.25) is 5.02 Å². The molecule has 2 heteroatoms. The third kappa shape index (κ3) is 2.56. The summed E-state index contributed by atoms with van der Waals surface area (Å²) >= 11 is 6.40. The smallest absolute Gasteiger partial charge is 0.0484 e. The second-order valence-corrected chi connectivity index (χ2v) is 6.45. The third-order valence-electron chi connectivity index (χ3n) is 4.65. The average Bonchev–Trinajstić information content (AvgIpc) is 3.03. The van der Waals surface area contributed by atoms with Crippen LogP contribution in [0.15, 0.2) is 60.7 Å². The van der Waals surface area contributed by atoms with Gasteiger partial charge in [-0.2, -0.15) is 0 Å². The van der Waals surface area contributed by atoms with Crippen LogP contribution in [-0.4, -0.2) is 0 Å². The SMILES string of the molecule is Cc1c(-c2ccc3c(c2)CNC3)cccc1-c1ccccc1Cl. The molecule has 0 aromatic heterocycles. The summed E-state index contributed by atoms with van der Waals surface area (Å²) in [5.41, 5.74) is 8.93. The summed E-state index contributed by atoms with van der Waals surface area (Å²) in [7, 11) is 0. The van der Waals surface area contributed by atoms with E-state index in [2.05, 4.69) is 54.7 Å². The lowest BCUT2D eigenvalue weighted by Gasteiger charge is -2.14. The first kappa shape index (κ1) is 14.5. The van der Waals surface area contributed by atoms with Crippen LogP contribution in [0.5, 0.6) is 0 Å². The van der Waals surface area contributed by atoms with Crippen LogP contribution < -0.4 is 5.32 Å². The summed E-state index contributed by atoms with van der Waals surface area (Å²) in [5.74, 6) is 0. The van der Waals surface area contributed by atoms with Crippen LogP contribution in [0.3, 0.4) is 0 Å². The number of benzene rings is 3. The van der Waals surface area contributed by atoms with E-state index in [0.29, 0.717) is 0 Å². The predicted octanol–water partition coefficient (Wildman–Crippen LogP) is 5.59. The van der Waals surface area contributed by atoms with Crippen LogP contribution in [0.1, 0.15) is 16.7 Å². The highest BCUT2D eigenvalue weighted by Crippen LogP contribution is 2.35. The third-order valence-corrected chi connectivity index (χ3v) is 4.98. The molecule has 1 nitrogen and oxygen atoms in total. The summed E-state index contributed by atoms with van der Waals surface area (Å²) in [4.78, 5) is 0. The van der Waals surface area contributed by atoms with E-state index in [1.807, 2.05) is 18.2 Å². The summed E-state index contributed by atoms with van der Waals surface area (Å²) in [6.07, 6.45) is 0.